The van der Waals surface area contributed by atoms with Crippen molar-refractivity contribution in [2.24, 2.45) is 5.10 Å². The molecule has 3 rings (SSSR count). The van der Waals surface area contributed by atoms with Crippen LogP contribution < -0.4 is 5.43 Å². The van der Waals surface area contributed by atoms with Gasteiger partial charge in [0.15, 0.2) is 0 Å². The molecular formula is C23H22N4O3. The molecule has 3 aromatic carbocycles. The topological polar surface area (TPSA) is 87.8 Å². The van der Waals surface area contributed by atoms with Crippen molar-refractivity contribution < 1.29 is 9.72 Å². The number of nitro benzene ring substituents is 1. The number of nitrogens with one attached hydrogen (secondary N) is 1. The second-order valence-electron chi connectivity index (χ2n) is 6.76. The second-order valence-corrected chi connectivity index (χ2v) is 6.76. The Labute approximate surface area is 174 Å². The summed E-state index contributed by atoms with van der Waals surface area (Å²) in [5.74, 6) is -0.261. The summed E-state index contributed by atoms with van der Waals surface area (Å²) in [5, 5.41) is 14.8. The van der Waals surface area contributed by atoms with Crippen molar-refractivity contribution in [1.82, 2.24) is 10.3 Å². The van der Waals surface area contributed by atoms with E-state index in [9.17, 15) is 14.9 Å². The number of rotatable bonds is 9. The van der Waals surface area contributed by atoms with Gasteiger partial charge in [-0.2, -0.15) is 5.10 Å². The van der Waals surface area contributed by atoms with Crippen LogP contribution in [0.4, 0.5) is 5.69 Å². The van der Waals surface area contributed by atoms with Gasteiger partial charge in [0.25, 0.3) is 11.6 Å². The van der Waals surface area contributed by atoms with Crippen LogP contribution in [0.25, 0.3) is 0 Å². The van der Waals surface area contributed by atoms with Gasteiger partial charge >= 0.3 is 0 Å². The summed E-state index contributed by atoms with van der Waals surface area (Å²) in [6.45, 7) is 1.41. The van der Waals surface area contributed by atoms with Crippen molar-refractivity contribution in [2.45, 2.75) is 13.1 Å². The number of carbonyl (C=O) groups excluding carboxylic acids is 1. The lowest BCUT2D eigenvalue weighted by Crippen LogP contribution is -2.34. The Morgan fingerprint density at radius 2 is 1.53 bits per heavy atom. The number of benzene rings is 3. The zero-order valence-electron chi connectivity index (χ0n) is 16.3. The largest absolute Gasteiger partial charge is 0.286 e. The number of amides is 1. The molecule has 0 aliphatic rings. The Morgan fingerprint density at radius 3 is 2.10 bits per heavy atom. The van der Waals surface area contributed by atoms with Crippen molar-refractivity contribution in [3.63, 3.8) is 0 Å². The predicted molar refractivity (Wildman–Crippen MR) is 116 cm³/mol. The van der Waals surface area contributed by atoms with Crippen molar-refractivity contribution in [3.8, 4) is 0 Å². The fourth-order valence-electron chi connectivity index (χ4n) is 2.99. The van der Waals surface area contributed by atoms with Crippen LogP contribution >= 0.6 is 0 Å². The van der Waals surface area contributed by atoms with E-state index < -0.39 is 4.92 Å². The molecule has 152 valence electrons. The van der Waals surface area contributed by atoms with E-state index in [2.05, 4.69) is 10.5 Å². The van der Waals surface area contributed by atoms with Gasteiger partial charge in [0.05, 0.1) is 17.7 Å². The number of carbonyl (C=O) groups is 1. The van der Waals surface area contributed by atoms with Gasteiger partial charge < -0.3 is 0 Å². The molecule has 7 nitrogen and oxygen atoms in total. The summed E-state index contributed by atoms with van der Waals surface area (Å²) in [5.41, 5.74) is 5.24. The first-order valence-corrected chi connectivity index (χ1v) is 9.47. The molecule has 3 aromatic rings. The lowest BCUT2D eigenvalue weighted by atomic mass is 10.1. The lowest BCUT2D eigenvalue weighted by Gasteiger charge is -2.21. The van der Waals surface area contributed by atoms with Gasteiger partial charge in [0.1, 0.15) is 0 Å². The monoisotopic (exact) mass is 402 g/mol. The van der Waals surface area contributed by atoms with E-state index in [-0.39, 0.29) is 18.1 Å². The molecule has 0 fully saturated rings. The van der Waals surface area contributed by atoms with Crippen molar-refractivity contribution in [2.75, 3.05) is 6.54 Å². The van der Waals surface area contributed by atoms with Crippen LogP contribution in [-0.4, -0.2) is 28.5 Å². The minimum Gasteiger partial charge on any atom is -0.286 e. The van der Waals surface area contributed by atoms with Gasteiger partial charge in [0.2, 0.25) is 0 Å². The summed E-state index contributed by atoms with van der Waals surface area (Å²) in [6.07, 6.45) is 1.39. The highest BCUT2D eigenvalue weighted by Gasteiger charge is 2.12. The Balaban J connectivity index is 1.62. The van der Waals surface area contributed by atoms with E-state index >= 15 is 0 Å². The van der Waals surface area contributed by atoms with E-state index in [1.165, 1.54) is 18.3 Å². The Kier molecular flexibility index (Phi) is 7.40. The van der Waals surface area contributed by atoms with E-state index in [0.717, 1.165) is 11.1 Å². The van der Waals surface area contributed by atoms with E-state index in [0.29, 0.717) is 18.7 Å². The van der Waals surface area contributed by atoms with Crippen LogP contribution in [0.3, 0.4) is 0 Å². The smallest absolute Gasteiger partial charge is 0.270 e. The minimum absolute atomic E-state index is 0.0258. The molecule has 0 saturated carbocycles. The molecule has 0 radical (unpaired) electrons. The van der Waals surface area contributed by atoms with Gasteiger partial charge in [-0.15, -0.1) is 0 Å². The molecule has 30 heavy (non-hydrogen) atoms. The Bertz CT molecular complexity index is 966. The highest BCUT2D eigenvalue weighted by atomic mass is 16.6. The van der Waals surface area contributed by atoms with Gasteiger partial charge in [-0.25, -0.2) is 5.43 Å². The lowest BCUT2D eigenvalue weighted by molar-refractivity contribution is -0.384. The van der Waals surface area contributed by atoms with Gasteiger partial charge in [-0.3, -0.25) is 19.8 Å². The molecular weight excluding hydrogens is 380 g/mol. The third-order valence-electron chi connectivity index (χ3n) is 4.35. The molecule has 0 heterocycles. The maximum Gasteiger partial charge on any atom is 0.270 e. The summed E-state index contributed by atoms with van der Waals surface area (Å²) >= 11 is 0. The number of non-ortho nitro benzene ring substituents is 1. The molecule has 7 heteroatoms. The van der Waals surface area contributed by atoms with Crippen molar-refractivity contribution >= 4 is 17.8 Å². The third kappa shape index (κ3) is 6.65. The van der Waals surface area contributed by atoms with Crippen LogP contribution in [0, 0.1) is 10.1 Å². The first-order chi connectivity index (χ1) is 14.6. The Morgan fingerprint density at radius 1 is 0.933 bits per heavy atom. The van der Waals surface area contributed by atoms with Gasteiger partial charge in [-0.1, -0.05) is 72.8 Å². The number of hydrogen-bond donors (Lipinski definition) is 1. The van der Waals surface area contributed by atoms with Crippen LogP contribution in [0.5, 0.6) is 0 Å². The number of nitrogens with zero attached hydrogens (tertiary/aromatic N) is 3. The summed E-state index contributed by atoms with van der Waals surface area (Å²) < 4.78 is 0. The average molecular weight is 402 g/mol. The first-order valence-electron chi connectivity index (χ1n) is 9.47. The number of hydrazone groups is 1. The zero-order valence-corrected chi connectivity index (χ0v) is 16.3. The summed E-state index contributed by atoms with van der Waals surface area (Å²) in [7, 11) is 0. The van der Waals surface area contributed by atoms with Crippen LogP contribution in [0.2, 0.25) is 0 Å². The second kappa shape index (κ2) is 10.6. The molecule has 0 aromatic heterocycles. The summed E-state index contributed by atoms with van der Waals surface area (Å²) in [4.78, 5) is 24.8. The van der Waals surface area contributed by atoms with Gasteiger partial charge in [-0.05, 0) is 11.1 Å². The zero-order chi connectivity index (χ0) is 21.2. The molecule has 1 amide bonds. The van der Waals surface area contributed by atoms with Crippen LogP contribution in [-0.2, 0) is 17.9 Å². The van der Waals surface area contributed by atoms with Crippen LogP contribution in [0.1, 0.15) is 16.7 Å². The number of hydrogen-bond acceptors (Lipinski definition) is 5. The standard InChI is InChI=1S/C23H22N4O3/c28-23(25-24-15-21-12-7-13-22(14-21)27(29)30)18-26(16-19-8-3-1-4-9-19)17-20-10-5-2-6-11-20/h1-15H,16-18H2,(H,25,28). The minimum atomic E-state index is -0.471. The SMILES string of the molecule is O=C(CN(Cc1ccccc1)Cc1ccccc1)NN=Cc1cccc([N+](=O)[O-])c1. The fourth-order valence-corrected chi connectivity index (χ4v) is 2.99. The highest BCUT2D eigenvalue weighted by Crippen LogP contribution is 2.12. The first kappa shape index (κ1) is 20.9. The molecule has 0 saturated heterocycles. The molecule has 0 unspecified atom stereocenters. The predicted octanol–water partition coefficient (Wildman–Crippen LogP) is 3.75. The van der Waals surface area contributed by atoms with Crippen molar-refractivity contribution in [1.29, 1.82) is 0 Å². The maximum absolute atomic E-state index is 12.4. The quantitative estimate of drug-likeness (QED) is 0.335. The van der Waals surface area contributed by atoms with E-state index in [1.54, 1.807) is 12.1 Å². The summed E-state index contributed by atoms with van der Waals surface area (Å²) in [6, 6.07) is 26.0. The molecule has 0 aliphatic carbocycles. The third-order valence-corrected chi connectivity index (χ3v) is 4.35. The molecule has 0 atom stereocenters. The highest BCUT2D eigenvalue weighted by molar-refractivity contribution is 5.83. The number of nitro groups is 1. The van der Waals surface area contributed by atoms with Gasteiger partial charge in [0, 0.05) is 30.8 Å². The molecule has 0 bridgehead atoms. The van der Waals surface area contributed by atoms with Crippen LogP contribution in [0.15, 0.2) is 90.0 Å². The average Bonchev–Trinajstić information content (AvgIpc) is 2.75. The molecule has 0 aliphatic heterocycles. The normalized spacial score (nSPS) is 11.0. The molecule has 0 spiro atoms. The van der Waals surface area contributed by atoms with E-state index in [1.807, 2.05) is 65.6 Å². The van der Waals surface area contributed by atoms with E-state index in [4.69, 9.17) is 0 Å². The fraction of sp³-hybridized carbons (Fsp3) is 0.130. The maximum atomic E-state index is 12.4. The Hall–Kier alpha value is -3.84. The molecule has 1 N–H and O–H groups in total. The van der Waals surface area contributed by atoms with Crippen molar-refractivity contribution in [3.05, 3.63) is 112 Å².